The van der Waals surface area contributed by atoms with E-state index in [1.54, 1.807) is 11.3 Å². The molecular formula is C24H37Cl2N3O2S. The summed E-state index contributed by atoms with van der Waals surface area (Å²) in [6, 6.07) is 12.5. The van der Waals surface area contributed by atoms with Gasteiger partial charge in [-0.1, -0.05) is 18.2 Å². The first-order valence-corrected chi connectivity index (χ1v) is 12.0. The minimum atomic E-state index is -0.446. The monoisotopic (exact) mass is 501 g/mol. The number of hydrogen-bond acceptors (Lipinski definition) is 6. The fourth-order valence-electron chi connectivity index (χ4n) is 4.82. The first kappa shape index (κ1) is 27.4. The third kappa shape index (κ3) is 7.87. The number of ether oxygens (including phenoxy) is 1. The van der Waals surface area contributed by atoms with Gasteiger partial charge in [0.25, 0.3) is 0 Å². The molecular weight excluding hydrogens is 465 g/mol. The highest BCUT2D eigenvalue weighted by atomic mass is 35.5. The molecule has 32 heavy (non-hydrogen) atoms. The first-order valence-electron chi connectivity index (χ1n) is 11.1. The van der Waals surface area contributed by atoms with Crippen molar-refractivity contribution in [2.75, 3.05) is 46.4 Å². The largest absolute Gasteiger partial charge is 0.491 e. The minimum Gasteiger partial charge on any atom is -0.491 e. The maximum Gasteiger partial charge on any atom is 0.119 e. The summed E-state index contributed by atoms with van der Waals surface area (Å²) in [4.78, 5) is 6.12. The molecule has 2 N–H and O–H groups in total. The van der Waals surface area contributed by atoms with Gasteiger partial charge in [-0.25, -0.2) is 0 Å². The lowest BCUT2D eigenvalue weighted by Crippen LogP contribution is -2.40. The highest BCUT2D eigenvalue weighted by molar-refractivity contribution is 7.09. The molecule has 180 valence electrons. The number of aliphatic hydroxyl groups is 1. The van der Waals surface area contributed by atoms with Gasteiger partial charge >= 0.3 is 0 Å². The van der Waals surface area contributed by atoms with Crippen LogP contribution in [-0.2, 0) is 13.1 Å². The van der Waals surface area contributed by atoms with Crippen LogP contribution in [0.5, 0.6) is 5.75 Å². The second kappa shape index (κ2) is 13.1. The highest BCUT2D eigenvalue weighted by Crippen LogP contribution is 2.38. The topological polar surface area (TPSA) is 48.0 Å². The van der Waals surface area contributed by atoms with Crippen molar-refractivity contribution in [3.05, 3.63) is 52.2 Å². The molecule has 0 bridgehead atoms. The molecule has 8 heteroatoms. The summed E-state index contributed by atoms with van der Waals surface area (Å²) in [5.41, 5.74) is 1.75. The van der Waals surface area contributed by atoms with Crippen molar-refractivity contribution in [3.63, 3.8) is 0 Å². The molecule has 3 heterocycles. The van der Waals surface area contributed by atoms with Crippen LogP contribution >= 0.6 is 36.2 Å². The minimum absolute atomic E-state index is 0. The molecule has 1 unspecified atom stereocenters. The zero-order chi connectivity index (χ0) is 20.8. The van der Waals surface area contributed by atoms with Gasteiger partial charge in [-0.05, 0) is 80.5 Å². The molecule has 1 aromatic carbocycles. The number of benzene rings is 1. The van der Waals surface area contributed by atoms with Crippen LogP contribution < -0.4 is 10.1 Å². The summed E-state index contributed by atoms with van der Waals surface area (Å²) in [7, 11) is 2.15. The zero-order valence-corrected chi connectivity index (χ0v) is 21.3. The first-order chi connectivity index (χ1) is 14.6. The van der Waals surface area contributed by atoms with E-state index < -0.39 is 6.10 Å². The standard InChI is InChI=1S/C24H35N3O2S.2ClH/c1-26(17-23-3-2-14-30-23)15-20-4-6-22(7-5-20)29-18-21(28)16-27-13-10-24(19-27)8-11-25-12-9-24;;/h2-7,14,21,25,28H,8-13,15-19H2,1H3;2*1H. The Morgan fingerprint density at radius 1 is 1.12 bits per heavy atom. The van der Waals surface area contributed by atoms with Crippen LogP contribution in [0.3, 0.4) is 0 Å². The molecule has 0 radical (unpaired) electrons. The summed E-state index contributed by atoms with van der Waals surface area (Å²) in [5.74, 6) is 0.829. The summed E-state index contributed by atoms with van der Waals surface area (Å²) >= 11 is 1.80. The SMILES string of the molecule is CN(Cc1ccc(OCC(O)CN2CCC3(CCNCC3)C2)cc1)Cc1cccs1.Cl.Cl. The van der Waals surface area contributed by atoms with Crippen molar-refractivity contribution in [2.24, 2.45) is 5.41 Å². The van der Waals surface area contributed by atoms with Gasteiger partial charge < -0.3 is 20.1 Å². The molecule has 2 fully saturated rings. The van der Waals surface area contributed by atoms with E-state index in [0.717, 1.165) is 45.0 Å². The van der Waals surface area contributed by atoms with Crippen LogP contribution in [0.25, 0.3) is 0 Å². The molecule has 4 rings (SSSR count). The van der Waals surface area contributed by atoms with Crippen LogP contribution in [-0.4, -0.2) is 67.4 Å². The van der Waals surface area contributed by atoms with E-state index in [-0.39, 0.29) is 24.8 Å². The van der Waals surface area contributed by atoms with Crippen molar-refractivity contribution in [3.8, 4) is 5.75 Å². The lowest BCUT2D eigenvalue weighted by Gasteiger charge is -2.34. The lowest BCUT2D eigenvalue weighted by atomic mass is 9.78. The van der Waals surface area contributed by atoms with Gasteiger partial charge in [0.15, 0.2) is 0 Å². The Labute approximate surface area is 209 Å². The Bertz CT molecular complexity index is 770. The number of β-amino-alcohol motifs (C(OH)–C–C–N with tert-alkyl or cyclic N) is 1. The molecule has 2 aliphatic heterocycles. The Balaban J connectivity index is 0.00000181. The Kier molecular flexibility index (Phi) is 11.2. The van der Waals surface area contributed by atoms with Crippen LogP contribution in [0, 0.1) is 5.41 Å². The van der Waals surface area contributed by atoms with Gasteiger partial charge in [0.1, 0.15) is 18.5 Å². The average Bonchev–Trinajstić information content (AvgIpc) is 3.38. The Morgan fingerprint density at radius 2 is 1.88 bits per heavy atom. The number of piperidine rings is 1. The quantitative estimate of drug-likeness (QED) is 0.542. The Hall–Kier alpha value is -0.860. The molecule has 2 aromatic rings. The van der Waals surface area contributed by atoms with Crippen LogP contribution in [0.1, 0.15) is 29.7 Å². The molecule has 2 aliphatic rings. The number of aliphatic hydroxyl groups excluding tert-OH is 1. The van der Waals surface area contributed by atoms with Crippen molar-refractivity contribution in [1.29, 1.82) is 0 Å². The molecule has 0 saturated carbocycles. The van der Waals surface area contributed by atoms with Crippen molar-refractivity contribution < 1.29 is 9.84 Å². The molecule has 5 nitrogen and oxygen atoms in total. The van der Waals surface area contributed by atoms with E-state index >= 15 is 0 Å². The second-order valence-electron chi connectivity index (χ2n) is 9.10. The fraction of sp³-hybridized carbons (Fsp3) is 0.583. The summed E-state index contributed by atoms with van der Waals surface area (Å²) < 4.78 is 5.86. The van der Waals surface area contributed by atoms with Crippen molar-refractivity contribution in [1.82, 2.24) is 15.1 Å². The number of rotatable bonds is 9. The van der Waals surface area contributed by atoms with Crippen LogP contribution in [0.2, 0.25) is 0 Å². The predicted molar refractivity (Wildman–Crippen MR) is 138 cm³/mol. The number of hydrogen-bond donors (Lipinski definition) is 2. The van der Waals surface area contributed by atoms with E-state index in [2.05, 4.69) is 51.8 Å². The van der Waals surface area contributed by atoms with Gasteiger partial charge in [0, 0.05) is 31.1 Å². The maximum absolute atomic E-state index is 10.5. The Morgan fingerprint density at radius 3 is 2.56 bits per heavy atom. The summed E-state index contributed by atoms with van der Waals surface area (Å²) in [6.45, 7) is 7.44. The predicted octanol–water partition coefficient (Wildman–Crippen LogP) is 4.04. The van der Waals surface area contributed by atoms with Crippen LogP contribution in [0.4, 0.5) is 0 Å². The van der Waals surface area contributed by atoms with Gasteiger partial charge in [0.05, 0.1) is 0 Å². The number of nitrogens with zero attached hydrogens (tertiary/aromatic N) is 2. The normalized spacial score (nSPS) is 18.8. The summed E-state index contributed by atoms with van der Waals surface area (Å²) in [5, 5.41) is 16.1. The smallest absolute Gasteiger partial charge is 0.119 e. The van der Waals surface area contributed by atoms with E-state index in [1.807, 2.05) is 12.1 Å². The molecule has 1 atom stereocenters. The van der Waals surface area contributed by atoms with Crippen molar-refractivity contribution in [2.45, 2.75) is 38.5 Å². The highest BCUT2D eigenvalue weighted by Gasteiger charge is 2.39. The molecule has 1 aromatic heterocycles. The average molecular weight is 503 g/mol. The van der Waals surface area contributed by atoms with Crippen molar-refractivity contribution >= 4 is 36.2 Å². The second-order valence-corrected chi connectivity index (χ2v) is 10.1. The molecule has 1 spiro atoms. The third-order valence-electron chi connectivity index (χ3n) is 6.47. The van der Waals surface area contributed by atoms with E-state index in [0.29, 0.717) is 18.6 Å². The number of nitrogens with one attached hydrogen (secondary N) is 1. The zero-order valence-electron chi connectivity index (χ0n) is 18.9. The third-order valence-corrected chi connectivity index (χ3v) is 7.34. The van der Waals surface area contributed by atoms with E-state index in [1.165, 1.54) is 29.7 Å². The maximum atomic E-state index is 10.5. The van der Waals surface area contributed by atoms with Gasteiger partial charge in [-0.15, -0.1) is 36.2 Å². The van der Waals surface area contributed by atoms with Gasteiger partial charge in [-0.3, -0.25) is 4.90 Å². The van der Waals surface area contributed by atoms with E-state index in [4.69, 9.17) is 4.74 Å². The fourth-order valence-corrected chi connectivity index (χ4v) is 5.60. The summed E-state index contributed by atoms with van der Waals surface area (Å²) in [6.07, 6.45) is 3.36. The van der Waals surface area contributed by atoms with Gasteiger partial charge in [-0.2, -0.15) is 0 Å². The van der Waals surface area contributed by atoms with Crippen LogP contribution in [0.15, 0.2) is 41.8 Å². The molecule has 2 saturated heterocycles. The number of thiophene rings is 1. The van der Waals surface area contributed by atoms with E-state index in [9.17, 15) is 5.11 Å². The molecule has 0 amide bonds. The number of likely N-dealkylation sites (tertiary alicyclic amines) is 1. The van der Waals surface area contributed by atoms with Gasteiger partial charge in [0.2, 0.25) is 0 Å². The number of halogens is 2. The lowest BCUT2D eigenvalue weighted by molar-refractivity contribution is 0.0698. The molecule has 0 aliphatic carbocycles.